The highest BCUT2D eigenvalue weighted by Gasteiger charge is 2.41. The van der Waals surface area contributed by atoms with E-state index in [1.807, 2.05) is 0 Å². The van der Waals surface area contributed by atoms with Crippen molar-refractivity contribution in [1.29, 1.82) is 0 Å². The van der Waals surface area contributed by atoms with Gasteiger partial charge in [-0.05, 0) is 30.7 Å². The lowest BCUT2D eigenvalue weighted by molar-refractivity contribution is -0.143. The Morgan fingerprint density at radius 2 is 1.83 bits per heavy atom. The Morgan fingerprint density at radius 3 is 2.38 bits per heavy atom. The van der Waals surface area contributed by atoms with Crippen LogP contribution >= 0.6 is 0 Å². The fourth-order valence-corrected chi connectivity index (χ4v) is 2.61. The summed E-state index contributed by atoms with van der Waals surface area (Å²) < 4.78 is 59.4. The van der Waals surface area contributed by atoms with Crippen molar-refractivity contribution < 1.29 is 27.1 Å². The smallest absolute Gasteiger partial charge is 0.434 e. The Morgan fingerprint density at radius 1 is 1.14 bits per heavy atom. The summed E-state index contributed by atoms with van der Waals surface area (Å²) in [6.45, 7) is 1.57. The number of benzene rings is 1. The van der Waals surface area contributed by atoms with Crippen LogP contribution in [0.4, 0.5) is 17.6 Å². The fraction of sp³-hybridized carbons (Fsp3) is 0.222. The van der Waals surface area contributed by atoms with Crippen LogP contribution in [0.2, 0.25) is 0 Å². The van der Waals surface area contributed by atoms with E-state index < -0.39 is 35.2 Å². The lowest BCUT2D eigenvalue weighted by Gasteiger charge is -2.16. The quantitative estimate of drug-likeness (QED) is 0.654. The zero-order chi connectivity index (χ0) is 21.2. The van der Waals surface area contributed by atoms with Crippen LogP contribution < -0.4 is 10.1 Å². The Balaban J connectivity index is 1.93. The summed E-state index contributed by atoms with van der Waals surface area (Å²) in [5, 5.41) is 13.4. The summed E-state index contributed by atoms with van der Waals surface area (Å²) in [5.74, 6) is -1.57. The Kier molecular flexibility index (Phi) is 5.48. The summed E-state index contributed by atoms with van der Waals surface area (Å²) >= 11 is 0. The third-order valence-electron chi connectivity index (χ3n) is 4.05. The van der Waals surface area contributed by atoms with E-state index in [2.05, 4.69) is 20.6 Å². The van der Waals surface area contributed by atoms with E-state index >= 15 is 0 Å². The number of halogens is 4. The van der Waals surface area contributed by atoms with Gasteiger partial charge in [0.2, 0.25) is 5.88 Å². The maximum Gasteiger partial charge on any atom is 0.434 e. The zero-order valence-electron chi connectivity index (χ0n) is 15.2. The first-order valence-electron chi connectivity index (χ1n) is 8.30. The van der Waals surface area contributed by atoms with Crippen LogP contribution in [0.3, 0.4) is 0 Å². The van der Waals surface area contributed by atoms with Crippen molar-refractivity contribution in [3.05, 3.63) is 65.2 Å². The molecule has 0 bridgehead atoms. The number of hydrogen-bond acceptors (Lipinski definition) is 5. The van der Waals surface area contributed by atoms with Crippen molar-refractivity contribution in [2.24, 2.45) is 0 Å². The van der Waals surface area contributed by atoms with E-state index in [-0.39, 0.29) is 11.7 Å². The van der Waals surface area contributed by atoms with Crippen molar-refractivity contribution in [2.75, 3.05) is 7.11 Å². The zero-order valence-corrected chi connectivity index (χ0v) is 15.2. The van der Waals surface area contributed by atoms with Gasteiger partial charge in [-0.25, -0.2) is 9.07 Å². The number of rotatable bonds is 5. The highest BCUT2D eigenvalue weighted by molar-refractivity contribution is 5.95. The minimum absolute atomic E-state index is 0.112. The van der Waals surface area contributed by atoms with Crippen LogP contribution in [0.15, 0.2) is 42.6 Å². The summed E-state index contributed by atoms with van der Waals surface area (Å²) in [7, 11) is 1.34. The molecule has 3 rings (SSSR count). The molecule has 0 saturated carbocycles. The first-order chi connectivity index (χ1) is 13.7. The Labute approximate surface area is 162 Å². The van der Waals surface area contributed by atoms with Gasteiger partial charge in [0.15, 0.2) is 11.5 Å². The van der Waals surface area contributed by atoms with E-state index in [1.165, 1.54) is 43.5 Å². The van der Waals surface area contributed by atoms with Crippen LogP contribution in [-0.4, -0.2) is 33.0 Å². The number of methoxy groups -OCH3 is 1. The number of hydrogen-bond donors (Lipinski definition) is 1. The topological polar surface area (TPSA) is 81.9 Å². The highest BCUT2D eigenvalue weighted by Crippen LogP contribution is 2.33. The number of amides is 1. The van der Waals surface area contributed by atoms with Crippen molar-refractivity contribution in [2.45, 2.75) is 19.1 Å². The van der Waals surface area contributed by atoms with E-state index in [4.69, 9.17) is 4.74 Å². The monoisotopic (exact) mass is 409 g/mol. The van der Waals surface area contributed by atoms with Gasteiger partial charge in [0.1, 0.15) is 5.82 Å². The molecular formula is C18H15F4N5O2. The number of alkyl halides is 3. The molecule has 7 nitrogen and oxygen atoms in total. The van der Waals surface area contributed by atoms with E-state index in [0.29, 0.717) is 10.2 Å². The number of carbonyl (C=O) groups is 1. The van der Waals surface area contributed by atoms with Crippen molar-refractivity contribution in [1.82, 2.24) is 25.3 Å². The minimum Gasteiger partial charge on any atom is -0.480 e. The Hall–Kier alpha value is -3.50. The predicted octanol–water partition coefficient (Wildman–Crippen LogP) is 3.32. The van der Waals surface area contributed by atoms with Gasteiger partial charge in [-0.2, -0.15) is 18.3 Å². The van der Waals surface area contributed by atoms with Gasteiger partial charge in [0.25, 0.3) is 5.91 Å². The molecule has 1 atom stereocenters. The molecule has 2 aromatic heterocycles. The number of ether oxygens (including phenoxy) is 1. The average Bonchev–Trinajstić information content (AvgIpc) is 3.14. The molecule has 1 amide bonds. The molecule has 0 aliphatic carbocycles. The summed E-state index contributed by atoms with van der Waals surface area (Å²) in [6, 6.07) is 7.15. The maximum absolute atomic E-state index is 13.7. The lowest BCUT2D eigenvalue weighted by Crippen LogP contribution is -2.29. The third-order valence-corrected chi connectivity index (χ3v) is 4.05. The molecule has 2 heterocycles. The molecule has 1 unspecified atom stereocenters. The van der Waals surface area contributed by atoms with Gasteiger partial charge in [0.05, 0.1) is 24.9 Å². The molecule has 0 saturated heterocycles. The third kappa shape index (κ3) is 4.33. The second kappa shape index (κ2) is 7.86. The molecule has 0 radical (unpaired) electrons. The summed E-state index contributed by atoms with van der Waals surface area (Å²) in [4.78, 5) is 12.5. The first-order valence-corrected chi connectivity index (χ1v) is 8.30. The predicted molar refractivity (Wildman–Crippen MR) is 93.0 cm³/mol. The van der Waals surface area contributed by atoms with Gasteiger partial charge >= 0.3 is 6.18 Å². The molecule has 1 N–H and O–H groups in total. The number of aromatic nitrogens is 4. The molecule has 29 heavy (non-hydrogen) atoms. The largest absolute Gasteiger partial charge is 0.480 e. The van der Waals surface area contributed by atoms with Gasteiger partial charge in [0, 0.05) is 6.07 Å². The van der Waals surface area contributed by atoms with E-state index in [0.717, 1.165) is 6.20 Å². The first kappa shape index (κ1) is 20.2. The molecule has 0 aliphatic heterocycles. The van der Waals surface area contributed by atoms with Gasteiger partial charge in [-0.1, -0.05) is 12.1 Å². The van der Waals surface area contributed by atoms with Crippen LogP contribution in [0.1, 0.15) is 34.6 Å². The number of nitrogens with zero attached hydrogens (tertiary/aromatic N) is 4. The van der Waals surface area contributed by atoms with Crippen LogP contribution in [-0.2, 0) is 6.18 Å². The van der Waals surface area contributed by atoms with Gasteiger partial charge in [-0.15, -0.1) is 10.2 Å². The Bertz CT molecular complexity index is 1000. The molecule has 1 aromatic carbocycles. The van der Waals surface area contributed by atoms with E-state index in [1.54, 1.807) is 6.92 Å². The normalized spacial score (nSPS) is 12.5. The molecule has 0 spiro atoms. The van der Waals surface area contributed by atoms with Crippen LogP contribution in [0.5, 0.6) is 5.88 Å². The highest BCUT2D eigenvalue weighted by atomic mass is 19.4. The molecule has 0 aliphatic rings. The maximum atomic E-state index is 13.7. The van der Waals surface area contributed by atoms with Gasteiger partial charge in [-0.3, -0.25) is 4.79 Å². The van der Waals surface area contributed by atoms with Crippen molar-refractivity contribution in [3.8, 4) is 11.7 Å². The molecule has 3 aromatic rings. The second-order valence-electron chi connectivity index (χ2n) is 6.00. The lowest BCUT2D eigenvalue weighted by atomic mass is 10.1. The van der Waals surface area contributed by atoms with Crippen molar-refractivity contribution in [3.63, 3.8) is 0 Å². The minimum atomic E-state index is -4.89. The number of nitrogens with one attached hydrogen (secondary N) is 1. The standard InChI is InChI=1S/C18H15F4N5O2/c1-10(11-3-5-12(19)6-4-11)24-17(28)13-9-23-27(16(13)18(20,21)22)14-7-8-15(29-2)26-25-14/h3-10H,1-2H3,(H,24,28). The SMILES string of the molecule is COc1ccc(-n2ncc(C(=O)NC(C)c3ccc(F)cc3)c2C(F)(F)F)nn1. The number of carbonyl (C=O) groups excluding carboxylic acids is 1. The van der Waals surface area contributed by atoms with Gasteiger partial charge < -0.3 is 10.1 Å². The summed E-state index contributed by atoms with van der Waals surface area (Å²) in [6.07, 6.45) is -4.08. The van der Waals surface area contributed by atoms with Crippen molar-refractivity contribution >= 4 is 5.91 Å². The summed E-state index contributed by atoms with van der Waals surface area (Å²) in [5.41, 5.74) is -1.44. The molecule has 11 heteroatoms. The fourth-order valence-electron chi connectivity index (χ4n) is 2.61. The molecule has 152 valence electrons. The van der Waals surface area contributed by atoms with Crippen LogP contribution in [0.25, 0.3) is 5.82 Å². The van der Waals surface area contributed by atoms with E-state index in [9.17, 15) is 22.4 Å². The average molecular weight is 409 g/mol. The van der Waals surface area contributed by atoms with Crippen LogP contribution in [0, 0.1) is 5.82 Å². The molecular weight excluding hydrogens is 394 g/mol. The second-order valence-corrected chi connectivity index (χ2v) is 6.00. The molecule has 0 fully saturated rings.